The van der Waals surface area contributed by atoms with Gasteiger partial charge in [-0.2, -0.15) is 0 Å². The quantitative estimate of drug-likeness (QED) is 0.629. The highest BCUT2D eigenvalue weighted by atomic mass is 35.5. The first-order valence-electron chi connectivity index (χ1n) is 3.67. The molecule has 0 aromatic heterocycles. The number of rotatable bonds is 4. The topological polar surface area (TPSA) is 12.0 Å². The molecule has 0 unspecified atom stereocenters. The second-order valence-electron chi connectivity index (χ2n) is 2.56. The Hall–Kier alpha value is -0.170. The summed E-state index contributed by atoms with van der Waals surface area (Å²) in [6.45, 7) is 7.59. The highest BCUT2D eigenvalue weighted by molar-refractivity contribution is 5.85. The molecular weight excluding hydrogens is 146 g/mol. The van der Waals surface area contributed by atoms with Gasteiger partial charge in [0, 0.05) is 6.54 Å². The average molecular weight is 164 g/mol. The smallest absolute Gasteiger partial charge is 0.0138 e. The third-order valence-electron chi connectivity index (χ3n) is 0.993. The Morgan fingerprint density at radius 1 is 1.40 bits per heavy atom. The van der Waals surface area contributed by atoms with Crippen molar-refractivity contribution >= 4 is 12.4 Å². The van der Waals surface area contributed by atoms with Gasteiger partial charge in [-0.05, 0) is 18.5 Å². The van der Waals surface area contributed by atoms with Crippen molar-refractivity contribution in [2.75, 3.05) is 6.54 Å². The zero-order chi connectivity index (χ0) is 7.11. The van der Waals surface area contributed by atoms with Crippen LogP contribution < -0.4 is 5.32 Å². The zero-order valence-electron chi connectivity index (χ0n) is 7.05. The number of allylic oxidation sites excluding steroid dienone is 1. The summed E-state index contributed by atoms with van der Waals surface area (Å²) in [5.41, 5.74) is 0. The number of hydrogen-bond donors (Lipinski definition) is 1. The van der Waals surface area contributed by atoms with Crippen molar-refractivity contribution < 1.29 is 0 Å². The van der Waals surface area contributed by atoms with Crippen molar-refractivity contribution in [3.05, 3.63) is 12.3 Å². The molecule has 0 aliphatic carbocycles. The lowest BCUT2D eigenvalue weighted by Crippen LogP contribution is -2.05. The molecule has 0 aliphatic heterocycles. The third-order valence-corrected chi connectivity index (χ3v) is 0.993. The van der Waals surface area contributed by atoms with Crippen molar-refractivity contribution in [3.63, 3.8) is 0 Å². The summed E-state index contributed by atoms with van der Waals surface area (Å²) < 4.78 is 0. The van der Waals surface area contributed by atoms with E-state index in [1.165, 1.54) is 6.42 Å². The molecule has 0 spiro atoms. The minimum absolute atomic E-state index is 0. The van der Waals surface area contributed by atoms with E-state index in [1.807, 2.05) is 6.20 Å². The summed E-state index contributed by atoms with van der Waals surface area (Å²) in [6.07, 6.45) is 5.40. The normalized spacial score (nSPS) is 10.0. The van der Waals surface area contributed by atoms with Crippen molar-refractivity contribution in [3.8, 4) is 0 Å². The number of halogens is 1. The first-order chi connectivity index (χ1) is 4.27. The zero-order valence-corrected chi connectivity index (χ0v) is 7.87. The van der Waals surface area contributed by atoms with Crippen LogP contribution in [0.25, 0.3) is 0 Å². The molecular formula is C8H18ClN. The molecule has 2 heteroatoms. The minimum Gasteiger partial charge on any atom is -0.391 e. The van der Waals surface area contributed by atoms with Crippen molar-refractivity contribution in [1.82, 2.24) is 5.32 Å². The molecule has 0 atom stereocenters. The molecule has 0 amide bonds. The maximum atomic E-state index is 3.19. The molecule has 0 radical (unpaired) electrons. The molecule has 0 aromatic rings. The van der Waals surface area contributed by atoms with E-state index < -0.39 is 0 Å². The molecule has 0 aliphatic rings. The van der Waals surface area contributed by atoms with Gasteiger partial charge < -0.3 is 5.32 Å². The molecule has 1 nitrogen and oxygen atoms in total. The van der Waals surface area contributed by atoms with Gasteiger partial charge in [0.1, 0.15) is 0 Å². The maximum Gasteiger partial charge on any atom is 0.0138 e. The lowest BCUT2D eigenvalue weighted by atomic mass is 10.2. The standard InChI is InChI=1S/C8H17N.ClH/c1-4-6-9-7-5-8(2)3;/h5,7-9H,4,6H2,1-3H3;1H. The number of nitrogens with one attached hydrogen (secondary N) is 1. The highest BCUT2D eigenvalue weighted by Gasteiger charge is 1.80. The van der Waals surface area contributed by atoms with Gasteiger partial charge in [-0.1, -0.05) is 26.8 Å². The molecule has 0 aromatic carbocycles. The Kier molecular flexibility index (Phi) is 11.0. The molecule has 62 valence electrons. The number of hydrogen-bond acceptors (Lipinski definition) is 1. The van der Waals surface area contributed by atoms with E-state index in [4.69, 9.17) is 0 Å². The predicted molar refractivity (Wildman–Crippen MR) is 49.5 cm³/mol. The summed E-state index contributed by atoms with van der Waals surface area (Å²) in [5, 5.41) is 3.19. The first-order valence-corrected chi connectivity index (χ1v) is 3.67. The van der Waals surface area contributed by atoms with Crippen LogP contribution in [0, 0.1) is 5.92 Å². The summed E-state index contributed by atoms with van der Waals surface area (Å²) in [6, 6.07) is 0. The molecule has 0 saturated heterocycles. The second-order valence-corrected chi connectivity index (χ2v) is 2.56. The Morgan fingerprint density at radius 2 is 2.00 bits per heavy atom. The Labute approximate surface area is 70.3 Å². The van der Waals surface area contributed by atoms with Crippen LogP contribution >= 0.6 is 12.4 Å². The van der Waals surface area contributed by atoms with Crippen LogP contribution in [0.15, 0.2) is 12.3 Å². The van der Waals surface area contributed by atoms with Crippen molar-refractivity contribution in [2.45, 2.75) is 27.2 Å². The van der Waals surface area contributed by atoms with Gasteiger partial charge in [-0.25, -0.2) is 0 Å². The maximum absolute atomic E-state index is 3.19. The van der Waals surface area contributed by atoms with E-state index in [2.05, 4.69) is 32.2 Å². The average Bonchev–Trinajstić information content (AvgIpc) is 1.80. The predicted octanol–water partition coefficient (Wildman–Crippen LogP) is 2.58. The van der Waals surface area contributed by atoms with E-state index in [0.29, 0.717) is 5.92 Å². The SMILES string of the molecule is CCCNC=CC(C)C.Cl. The highest BCUT2D eigenvalue weighted by Crippen LogP contribution is 1.90. The van der Waals surface area contributed by atoms with Crippen LogP contribution in [0.5, 0.6) is 0 Å². The third kappa shape index (κ3) is 10.7. The lowest BCUT2D eigenvalue weighted by Gasteiger charge is -1.96. The van der Waals surface area contributed by atoms with Gasteiger partial charge in [0.15, 0.2) is 0 Å². The van der Waals surface area contributed by atoms with E-state index in [-0.39, 0.29) is 12.4 Å². The van der Waals surface area contributed by atoms with E-state index >= 15 is 0 Å². The molecule has 10 heavy (non-hydrogen) atoms. The lowest BCUT2D eigenvalue weighted by molar-refractivity contribution is 0.778. The van der Waals surface area contributed by atoms with Crippen LogP contribution in [-0.4, -0.2) is 6.54 Å². The fourth-order valence-corrected chi connectivity index (χ4v) is 0.488. The monoisotopic (exact) mass is 163 g/mol. The van der Waals surface area contributed by atoms with Crippen LogP contribution in [0.1, 0.15) is 27.2 Å². The van der Waals surface area contributed by atoms with Gasteiger partial charge in [-0.15, -0.1) is 12.4 Å². The Balaban J connectivity index is 0. The minimum atomic E-state index is 0. The Bertz CT molecular complexity index is 79.3. The molecule has 0 saturated carbocycles. The van der Waals surface area contributed by atoms with Crippen LogP contribution in [0.4, 0.5) is 0 Å². The molecule has 1 N–H and O–H groups in total. The fraction of sp³-hybridized carbons (Fsp3) is 0.750. The largest absolute Gasteiger partial charge is 0.391 e. The van der Waals surface area contributed by atoms with E-state index in [1.54, 1.807) is 0 Å². The molecule has 0 fully saturated rings. The van der Waals surface area contributed by atoms with Gasteiger partial charge >= 0.3 is 0 Å². The van der Waals surface area contributed by atoms with Crippen molar-refractivity contribution in [2.24, 2.45) is 5.92 Å². The van der Waals surface area contributed by atoms with E-state index in [0.717, 1.165) is 6.54 Å². The first kappa shape index (κ1) is 12.5. The summed E-state index contributed by atoms with van der Waals surface area (Å²) in [7, 11) is 0. The van der Waals surface area contributed by atoms with Crippen LogP contribution in [0.3, 0.4) is 0 Å². The summed E-state index contributed by atoms with van der Waals surface area (Å²) in [5.74, 6) is 0.661. The van der Waals surface area contributed by atoms with Crippen LogP contribution in [-0.2, 0) is 0 Å². The van der Waals surface area contributed by atoms with Crippen LogP contribution in [0.2, 0.25) is 0 Å². The fourth-order valence-electron chi connectivity index (χ4n) is 0.488. The molecule has 0 heterocycles. The molecule has 0 bridgehead atoms. The summed E-state index contributed by atoms with van der Waals surface area (Å²) in [4.78, 5) is 0. The second kappa shape index (κ2) is 8.83. The van der Waals surface area contributed by atoms with Gasteiger partial charge in [0.25, 0.3) is 0 Å². The summed E-state index contributed by atoms with van der Waals surface area (Å²) >= 11 is 0. The van der Waals surface area contributed by atoms with Gasteiger partial charge in [0.05, 0.1) is 0 Å². The Morgan fingerprint density at radius 3 is 2.40 bits per heavy atom. The molecule has 0 rings (SSSR count). The van der Waals surface area contributed by atoms with Crippen molar-refractivity contribution in [1.29, 1.82) is 0 Å². The van der Waals surface area contributed by atoms with Gasteiger partial charge in [0.2, 0.25) is 0 Å². The van der Waals surface area contributed by atoms with E-state index in [9.17, 15) is 0 Å². The van der Waals surface area contributed by atoms with Gasteiger partial charge in [-0.3, -0.25) is 0 Å².